The minimum Gasteiger partial charge on any atom is -0.382 e. The highest BCUT2D eigenvalue weighted by molar-refractivity contribution is 5.29. The molecule has 2 aromatic rings. The second-order valence-electron chi connectivity index (χ2n) is 4.09. The van der Waals surface area contributed by atoms with Crippen molar-refractivity contribution in [1.82, 2.24) is 15.2 Å². The van der Waals surface area contributed by atoms with E-state index < -0.39 is 17.8 Å². The van der Waals surface area contributed by atoms with Crippen molar-refractivity contribution in [3.05, 3.63) is 47.0 Å². The summed E-state index contributed by atoms with van der Waals surface area (Å²) in [6, 6.07) is 1.66. The van der Waals surface area contributed by atoms with Crippen LogP contribution in [0, 0.1) is 0 Å². The number of nitrogens with one attached hydrogen (secondary N) is 1. The minimum absolute atomic E-state index is 0.0985. The Morgan fingerprint density at radius 3 is 2.85 bits per heavy atom. The molecule has 2 N–H and O–H groups in total. The summed E-state index contributed by atoms with van der Waals surface area (Å²) in [5.41, 5.74) is -0.213. The Balaban J connectivity index is 2.33. The number of halogens is 3. The molecule has 0 aliphatic heterocycles. The summed E-state index contributed by atoms with van der Waals surface area (Å²) < 4.78 is 42.8. The zero-order valence-corrected chi connectivity index (χ0v) is 10.5. The Hall–Kier alpha value is -1.93. The number of hydrogen-bond donors (Lipinski definition) is 2. The summed E-state index contributed by atoms with van der Waals surface area (Å²) in [4.78, 5) is 3.78. The van der Waals surface area contributed by atoms with Crippen LogP contribution in [-0.4, -0.2) is 27.4 Å². The number of aliphatic hydroxyl groups is 1. The van der Waals surface area contributed by atoms with Crippen molar-refractivity contribution >= 4 is 0 Å². The highest BCUT2D eigenvalue weighted by atomic mass is 19.4. The largest absolute Gasteiger partial charge is 0.416 e. The first-order chi connectivity index (χ1) is 9.43. The molecule has 1 unspecified atom stereocenters. The van der Waals surface area contributed by atoms with E-state index in [4.69, 9.17) is 4.74 Å². The van der Waals surface area contributed by atoms with Crippen molar-refractivity contribution in [3.8, 4) is 0 Å². The van der Waals surface area contributed by atoms with E-state index in [0.29, 0.717) is 11.3 Å². The fraction of sp³-hybridized carbons (Fsp3) is 0.333. The van der Waals surface area contributed by atoms with Gasteiger partial charge in [0.15, 0.2) is 0 Å². The van der Waals surface area contributed by atoms with E-state index in [9.17, 15) is 18.3 Å². The van der Waals surface area contributed by atoms with Crippen LogP contribution in [0.5, 0.6) is 0 Å². The maximum absolute atomic E-state index is 12.6. The maximum atomic E-state index is 12.6. The van der Waals surface area contributed by atoms with Gasteiger partial charge in [-0.05, 0) is 12.1 Å². The molecule has 2 rings (SSSR count). The van der Waals surface area contributed by atoms with Crippen molar-refractivity contribution in [3.63, 3.8) is 0 Å². The van der Waals surface area contributed by atoms with Gasteiger partial charge in [-0.15, -0.1) is 0 Å². The third-order valence-corrected chi connectivity index (χ3v) is 2.72. The van der Waals surface area contributed by atoms with Crippen LogP contribution in [0.15, 0.2) is 24.5 Å². The second-order valence-corrected chi connectivity index (χ2v) is 4.09. The van der Waals surface area contributed by atoms with Crippen LogP contribution in [0.4, 0.5) is 13.2 Å². The van der Waals surface area contributed by atoms with Crippen LogP contribution >= 0.6 is 0 Å². The van der Waals surface area contributed by atoms with Crippen molar-refractivity contribution in [2.75, 3.05) is 7.11 Å². The van der Waals surface area contributed by atoms with Crippen molar-refractivity contribution < 1.29 is 23.0 Å². The number of nitrogens with zero attached hydrogens (tertiary/aromatic N) is 2. The van der Waals surface area contributed by atoms with E-state index in [0.717, 1.165) is 18.3 Å². The van der Waals surface area contributed by atoms with Gasteiger partial charge in [0.05, 0.1) is 23.6 Å². The number of aromatic nitrogens is 3. The molecule has 20 heavy (non-hydrogen) atoms. The van der Waals surface area contributed by atoms with E-state index >= 15 is 0 Å². The smallest absolute Gasteiger partial charge is 0.382 e. The Kier molecular flexibility index (Phi) is 4.05. The molecule has 108 valence electrons. The molecule has 0 saturated heterocycles. The number of rotatable bonds is 4. The predicted molar refractivity (Wildman–Crippen MR) is 62.6 cm³/mol. The van der Waals surface area contributed by atoms with Crippen molar-refractivity contribution in [2.45, 2.75) is 18.9 Å². The van der Waals surface area contributed by atoms with Gasteiger partial charge in [0, 0.05) is 25.1 Å². The average Bonchev–Trinajstić information content (AvgIpc) is 2.86. The molecule has 2 heterocycles. The SMILES string of the molecule is COCc1n[nH]cc1C(O)c1cc(C(F)(F)F)ccn1. The van der Waals surface area contributed by atoms with Crippen LogP contribution in [0.25, 0.3) is 0 Å². The maximum Gasteiger partial charge on any atom is 0.416 e. The van der Waals surface area contributed by atoms with E-state index in [2.05, 4.69) is 15.2 Å². The average molecular weight is 287 g/mol. The van der Waals surface area contributed by atoms with Gasteiger partial charge in [0.2, 0.25) is 0 Å². The molecule has 0 saturated carbocycles. The van der Waals surface area contributed by atoms with Gasteiger partial charge in [0.1, 0.15) is 6.10 Å². The van der Waals surface area contributed by atoms with Crippen LogP contribution in [0.3, 0.4) is 0 Å². The summed E-state index contributed by atoms with van der Waals surface area (Å²) in [5.74, 6) is 0. The molecule has 0 radical (unpaired) electrons. The number of H-pyrrole nitrogens is 1. The van der Waals surface area contributed by atoms with Gasteiger partial charge in [-0.25, -0.2) is 0 Å². The van der Waals surface area contributed by atoms with Gasteiger partial charge in [-0.3, -0.25) is 10.1 Å². The third kappa shape index (κ3) is 2.97. The number of pyridine rings is 1. The molecule has 0 aromatic carbocycles. The molecule has 0 amide bonds. The monoisotopic (exact) mass is 287 g/mol. The molecule has 0 fully saturated rings. The van der Waals surface area contributed by atoms with Gasteiger partial charge in [-0.2, -0.15) is 18.3 Å². The Morgan fingerprint density at radius 2 is 2.20 bits per heavy atom. The standard InChI is InChI=1S/C12H12F3N3O2/c1-20-6-10-8(5-17-18-10)11(19)9-4-7(2-3-16-9)12(13,14)15/h2-5,11,19H,6H2,1H3,(H,17,18). The lowest BCUT2D eigenvalue weighted by atomic mass is 10.1. The first kappa shape index (κ1) is 14.5. The number of aromatic amines is 1. The van der Waals surface area contributed by atoms with Gasteiger partial charge < -0.3 is 9.84 Å². The zero-order chi connectivity index (χ0) is 14.8. The lowest BCUT2D eigenvalue weighted by molar-refractivity contribution is -0.137. The van der Waals surface area contributed by atoms with Crippen molar-refractivity contribution in [1.29, 1.82) is 0 Å². The lowest BCUT2D eigenvalue weighted by Gasteiger charge is -2.12. The predicted octanol–water partition coefficient (Wildman–Crippen LogP) is 2.05. The third-order valence-electron chi connectivity index (χ3n) is 2.72. The van der Waals surface area contributed by atoms with Crippen LogP contribution in [0.2, 0.25) is 0 Å². The highest BCUT2D eigenvalue weighted by Gasteiger charge is 2.31. The molecule has 2 aromatic heterocycles. The Morgan fingerprint density at radius 1 is 1.45 bits per heavy atom. The van der Waals surface area contributed by atoms with Crippen LogP contribution < -0.4 is 0 Å². The number of alkyl halides is 3. The molecule has 0 aliphatic rings. The molecule has 8 heteroatoms. The van der Waals surface area contributed by atoms with Crippen LogP contribution in [0.1, 0.15) is 28.6 Å². The summed E-state index contributed by atoms with van der Waals surface area (Å²) in [6.07, 6.45) is -3.37. The molecule has 5 nitrogen and oxygen atoms in total. The summed E-state index contributed by atoms with van der Waals surface area (Å²) >= 11 is 0. The van der Waals surface area contributed by atoms with Gasteiger partial charge in [-0.1, -0.05) is 0 Å². The van der Waals surface area contributed by atoms with E-state index in [-0.39, 0.29) is 12.3 Å². The van der Waals surface area contributed by atoms with E-state index in [1.807, 2.05) is 0 Å². The summed E-state index contributed by atoms with van der Waals surface area (Å²) in [5, 5.41) is 16.5. The molecular weight excluding hydrogens is 275 g/mol. The first-order valence-electron chi connectivity index (χ1n) is 5.66. The number of aliphatic hydroxyl groups excluding tert-OH is 1. The summed E-state index contributed by atoms with van der Waals surface area (Å²) in [7, 11) is 1.45. The number of ether oxygens (including phenoxy) is 1. The second kappa shape index (κ2) is 5.59. The van der Waals surface area contributed by atoms with E-state index in [1.54, 1.807) is 0 Å². The number of hydrogen-bond acceptors (Lipinski definition) is 4. The van der Waals surface area contributed by atoms with Gasteiger partial charge >= 0.3 is 6.18 Å². The molecule has 1 atom stereocenters. The zero-order valence-electron chi connectivity index (χ0n) is 10.5. The van der Waals surface area contributed by atoms with Gasteiger partial charge in [0.25, 0.3) is 0 Å². The fourth-order valence-corrected chi connectivity index (χ4v) is 1.75. The van der Waals surface area contributed by atoms with Crippen molar-refractivity contribution in [2.24, 2.45) is 0 Å². The quantitative estimate of drug-likeness (QED) is 0.903. The Labute approximate surface area is 112 Å². The summed E-state index contributed by atoms with van der Waals surface area (Å²) in [6.45, 7) is 0.134. The molecular formula is C12H12F3N3O2. The first-order valence-corrected chi connectivity index (χ1v) is 5.66. The number of methoxy groups -OCH3 is 1. The lowest BCUT2D eigenvalue weighted by Crippen LogP contribution is -2.10. The normalized spacial score (nSPS) is 13.4. The minimum atomic E-state index is -4.48. The topological polar surface area (TPSA) is 71.0 Å². The Bertz CT molecular complexity index is 583. The molecule has 0 spiro atoms. The highest BCUT2D eigenvalue weighted by Crippen LogP contribution is 2.31. The molecule has 0 bridgehead atoms. The van der Waals surface area contributed by atoms with Crippen LogP contribution in [-0.2, 0) is 17.5 Å². The fourth-order valence-electron chi connectivity index (χ4n) is 1.75. The van der Waals surface area contributed by atoms with E-state index in [1.165, 1.54) is 13.3 Å². The molecule has 0 aliphatic carbocycles.